The molecule has 2 aliphatic rings. The van der Waals surface area contributed by atoms with Gasteiger partial charge < -0.3 is 0 Å². The Kier molecular flexibility index (Phi) is 3.91. The second kappa shape index (κ2) is 5.25. The van der Waals surface area contributed by atoms with Crippen LogP contribution in [0.15, 0.2) is 34.9 Å². The van der Waals surface area contributed by atoms with Gasteiger partial charge in [0.05, 0.1) is 0 Å². The van der Waals surface area contributed by atoms with Gasteiger partial charge in [0.2, 0.25) is 0 Å². The fourth-order valence-electron chi connectivity index (χ4n) is 3.79. The number of allylic oxidation sites excluding steroid dienone is 6. The summed E-state index contributed by atoms with van der Waals surface area (Å²) in [5.41, 5.74) is 5.14. The molecule has 0 N–H and O–H groups in total. The van der Waals surface area contributed by atoms with Crippen LogP contribution in [0.2, 0.25) is 0 Å². The highest BCUT2D eigenvalue weighted by Gasteiger charge is 2.38. The van der Waals surface area contributed by atoms with Crippen LogP contribution in [0.4, 0.5) is 0 Å². The van der Waals surface area contributed by atoms with Crippen LogP contribution in [0.5, 0.6) is 0 Å². The molecule has 0 fully saturated rings. The van der Waals surface area contributed by atoms with Crippen molar-refractivity contribution in [1.29, 1.82) is 0 Å². The van der Waals surface area contributed by atoms with Crippen molar-refractivity contribution in [2.75, 3.05) is 0 Å². The standard InChI is InChI=1S/C17H26/c1-5-9-14-13(6-2)17(12(3)4)16-11-8-7-10-15(14)16/h7-8,11-13,17H,5-6,9-10H2,1-4H3. The normalized spacial score (nSPS) is 27.7. The molecule has 0 aromatic carbocycles. The van der Waals surface area contributed by atoms with Crippen LogP contribution in [-0.4, -0.2) is 0 Å². The van der Waals surface area contributed by atoms with Crippen molar-refractivity contribution < 1.29 is 0 Å². The predicted octanol–water partition coefficient (Wildman–Crippen LogP) is 5.28. The zero-order valence-electron chi connectivity index (χ0n) is 11.8. The van der Waals surface area contributed by atoms with Crippen LogP contribution < -0.4 is 0 Å². The highest BCUT2D eigenvalue weighted by molar-refractivity contribution is 5.50. The molecule has 0 amide bonds. The van der Waals surface area contributed by atoms with E-state index < -0.39 is 0 Å². The van der Waals surface area contributed by atoms with Gasteiger partial charge in [-0.05, 0) is 48.2 Å². The SMILES string of the molecule is CCCC1=C2CC=CC=C2C(C(C)C)C1CC. The fourth-order valence-corrected chi connectivity index (χ4v) is 3.79. The molecule has 94 valence electrons. The highest BCUT2D eigenvalue weighted by Crippen LogP contribution is 2.50. The molecule has 0 nitrogen and oxygen atoms in total. The van der Waals surface area contributed by atoms with Gasteiger partial charge in [0, 0.05) is 0 Å². The minimum Gasteiger partial charge on any atom is -0.0801 e. The lowest BCUT2D eigenvalue weighted by Crippen LogP contribution is -2.18. The molecule has 0 saturated heterocycles. The van der Waals surface area contributed by atoms with Gasteiger partial charge in [0.25, 0.3) is 0 Å². The maximum absolute atomic E-state index is 2.39. The van der Waals surface area contributed by atoms with Gasteiger partial charge >= 0.3 is 0 Å². The van der Waals surface area contributed by atoms with Gasteiger partial charge in [0.1, 0.15) is 0 Å². The molecule has 2 rings (SSSR count). The Labute approximate surface area is 106 Å². The van der Waals surface area contributed by atoms with Crippen LogP contribution in [0.25, 0.3) is 0 Å². The molecule has 17 heavy (non-hydrogen) atoms. The molecule has 0 heterocycles. The number of hydrogen-bond acceptors (Lipinski definition) is 0. The molecule has 2 aliphatic carbocycles. The second-order valence-corrected chi connectivity index (χ2v) is 5.79. The van der Waals surface area contributed by atoms with E-state index in [0.717, 1.165) is 17.8 Å². The van der Waals surface area contributed by atoms with Crippen LogP contribution in [0, 0.1) is 17.8 Å². The topological polar surface area (TPSA) is 0 Å². The Morgan fingerprint density at radius 1 is 1.29 bits per heavy atom. The quantitative estimate of drug-likeness (QED) is 0.616. The average Bonchev–Trinajstić information content (AvgIpc) is 2.64. The summed E-state index contributed by atoms with van der Waals surface area (Å²) in [6, 6.07) is 0. The van der Waals surface area contributed by atoms with Gasteiger partial charge in [-0.1, -0.05) is 57.9 Å². The first-order chi connectivity index (χ1) is 8.20. The van der Waals surface area contributed by atoms with Gasteiger partial charge in [-0.3, -0.25) is 0 Å². The van der Waals surface area contributed by atoms with Crippen molar-refractivity contribution >= 4 is 0 Å². The molecule has 0 heteroatoms. The van der Waals surface area contributed by atoms with E-state index in [1.165, 1.54) is 25.7 Å². The lowest BCUT2D eigenvalue weighted by atomic mass is 9.78. The Bertz CT molecular complexity index is 365. The molecule has 0 aromatic heterocycles. The van der Waals surface area contributed by atoms with Crippen molar-refractivity contribution in [2.45, 2.75) is 53.4 Å². The molecule has 0 saturated carbocycles. The van der Waals surface area contributed by atoms with Crippen molar-refractivity contribution in [3.63, 3.8) is 0 Å². The summed E-state index contributed by atoms with van der Waals surface area (Å²) in [6.07, 6.45) is 12.0. The first kappa shape index (κ1) is 12.7. The van der Waals surface area contributed by atoms with Crippen LogP contribution in [0.3, 0.4) is 0 Å². The molecular formula is C17H26. The summed E-state index contributed by atoms with van der Waals surface area (Å²) in [7, 11) is 0. The van der Waals surface area contributed by atoms with Crippen molar-refractivity contribution in [1.82, 2.24) is 0 Å². The molecule has 0 spiro atoms. The lowest BCUT2D eigenvalue weighted by Gasteiger charge is -2.26. The predicted molar refractivity (Wildman–Crippen MR) is 75.9 cm³/mol. The van der Waals surface area contributed by atoms with E-state index >= 15 is 0 Å². The van der Waals surface area contributed by atoms with Crippen molar-refractivity contribution in [3.05, 3.63) is 34.9 Å². The molecule has 0 aromatic rings. The van der Waals surface area contributed by atoms with Gasteiger partial charge in [0.15, 0.2) is 0 Å². The van der Waals surface area contributed by atoms with E-state index in [1.807, 2.05) is 0 Å². The van der Waals surface area contributed by atoms with Crippen LogP contribution in [-0.2, 0) is 0 Å². The zero-order valence-corrected chi connectivity index (χ0v) is 11.8. The second-order valence-electron chi connectivity index (χ2n) is 5.79. The van der Waals surface area contributed by atoms with Crippen LogP contribution >= 0.6 is 0 Å². The minimum atomic E-state index is 0.766. The van der Waals surface area contributed by atoms with E-state index in [-0.39, 0.29) is 0 Å². The molecular weight excluding hydrogens is 204 g/mol. The molecule has 2 unspecified atom stereocenters. The van der Waals surface area contributed by atoms with Crippen molar-refractivity contribution in [2.24, 2.45) is 17.8 Å². The fraction of sp³-hybridized carbons (Fsp3) is 0.647. The number of rotatable bonds is 4. The first-order valence-electron chi connectivity index (χ1n) is 7.29. The molecule has 0 bridgehead atoms. The van der Waals surface area contributed by atoms with E-state index in [0.29, 0.717) is 0 Å². The van der Waals surface area contributed by atoms with E-state index in [2.05, 4.69) is 45.9 Å². The smallest absolute Gasteiger partial charge is 0.00703 e. The van der Waals surface area contributed by atoms with Gasteiger partial charge in [-0.25, -0.2) is 0 Å². The van der Waals surface area contributed by atoms with Gasteiger partial charge in [-0.2, -0.15) is 0 Å². The Hall–Kier alpha value is -0.780. The Balaban J connectivity index is 2.41. The number of hydrogen-bond donors (Lipinski definition) is 0. The summed E-state index contributed by atoms with van der Waals surface area (Å²) in [6.45, 7) is 9.45. The Morgan fingerprint density at radius 3 is 2.65 bits per heavy atom. The van der Waals surface area contributed by atoms with Crippen LogP contribution in [0.1, 0.15) is 53.4 Å². The maximum Gasteiger partial charge on any atom is -0.00703 e. The van der Waals surface area contributed by atoms with Crippen molar-refractivity contribution in [3.8, 4) is 0 Å². The summed E-state index contributed by atoms with van der Waals surface area (Å²) >= 11 is 0. The molecule has 0 aliphatic heterocycles. The first-order valence-corrected chi connectivity index (χ1v) is 7.29. The summed E-state index contributed by atoms with van der Waals surface area (Å²) < 4.78 is 0. The average molecular weight is 230 g/mol. The number of fused-ring (bicyclic) bond motifs is 1. The van der Waals surface area contributed by atoms with E-state index in [1.54, 1.807) is 16.7 Å². The third-order valence-corrected chi connectivity index (χ3v) is 4.39. The zero-order chi connectivity index (χ0) is 12.4. The lowest BCUT2D eigenvalue weighted by molar-refractivity contribution is 0.341. The third kappa shape index (κ3) is 2.14. The largest absolute Gasteiger partial charge is 0.0801 e. The maximum atomic E-state index is 2.39. The molecule has 0 radical (unpaired) electrons. The van der Waals surface area contributed by atoms with Gasteiger partial charge in [-0.15, -0.1) is 0 Å². The minimum absolute atomic E-state index is 0.766. The van der Waals surface area contributed by atoms with E-state index in [4.69, 9.17) is 0 Å². The monoisotopic (exact) mass is 230 g/mol. The third-order valence-electron chi connectivity index (χ3n) is 4.39. The summed E-state index contributed by atoms with van der Waals surface area (Å²) in [4.78, 5) is 0. The highest BCUT2D eigenvalue weighted by atomic mass is 14.4. The van der Waals surface area contributed by atoms with E-state index in [9.17, 15) is 0 Å². The summed E-state index contributed by atoms with van der Waals surface area (Å²) in [5, 5.41) is 0. The summed E-state index contributed by atoms with van der Waals surface area (Å²) in [5.74, 6) is 2.36. The Morgan fingerprint density at radius 2 is 2.06 bits per heavy atom. The molecule has 2 atom stereocenters.